The summed E-state index contributed by atoms with van der Waals surface area (Å²) in [6.07, 6.45) is 0.823. The van der Waals surface area contributed by atoms with Crippen LogP contribution in [0.25, 0.3) is 0 Å². The van der Waals surface area contributed by atoms with E-state index in [9.17, 15) is 0 Å². The summed E-state index contributed by atoms with van der Waals surface area (Å²) in [6, 6.07) is -0.0949. The van der Waals surface area contributed by atoms with Gasteiger partial charge in [-0.3, -0.25) is 0 Å². The Balaban J connectivity index is 3.62. The monoisotopic (exact) mass is 117 g/mol. The average molecular weight is 117 g/mol. The Labute approximate surface area is 50.7 Å². The van der Waals surface area contributed by atoms with Gasteiger partial charge in [-0.15, -0.1) is 0 Å². The SMILES string of the molecule is CC[C@H](N)C(C)(C)O. The molecule has 50 valence electrons. The quantitative estimate of drug-likeness (QED) is 0.553. The molecule has 0 radical (unpaired) electrons. The van der Waals surface area contributed by atoms with E-state index in [0.717, 1.165) is 6.42 Å². The molecule has 0 heterocycles. The van der Waals surface area contributed by atoms with Crippen molar-refractivity contribution in [2.45, 2.75) is 38.8 Å². The van der Waals surface area contributed by atoms with Crippen LogP contribution in [0.4, 0.5) is 0 Å². The Morgan fingerprint density at radius 1 is 1.62 bits per heavy atom. The average Bonchev–Trinajstić information content (AvgIpc) is 1.62. The van der Waals surface area contributed by atoms with E-state index in [2.05, 4.69) is 0 Å². The highest BCUT2D eigenvalue weighted by atomic mass is 16.3. The third-order valence-corrected chi connectivity index (χ3v) is 1.35. The lowest BCUT2D eigenvalue weighted by molar-refractivity contribution is 0.0508. The Morgan fingerprint density at radius 2 is 2.00 bits per heavy atom. The highest BCUT2D eigenvalue weighted by molar-refractivity contribution is 4.78. The molecule has 0 saturated carbocycles. The minimum atomic E-state index is -0.714. The molecule has 0 unspecified atom stereocenters. The second kappa shape index (κ2) is 2.46. The molecule has 0 rings (SSSR count). The summed E-state index contributed by atoms with van der Waals surface area (Å²) < 4.78 is 0. The minimum Gasteiger partial charge on any atom is -0.389 e. The molecule has 0 spiro atoms. The molecular weight excluding hydrogens is 102 g/mol. The van der Waals surface area contributed by atoms with Crippen LogP contribution in [0.3, 0.4) is 0 Å². The summed E-state index contributed by atoms with van der Waals surface area (Å²) in [7, 11) is 0. The molecule has 0 aromatic rings. The number of rotatable bonds is 2. The predicted molar refractivity (Wildman–Crippen MR) is 34.6 cm³/mol. The van der Waals surface area contributed by atoms with E-state index in [-0.39, 0.29) is 6.04 Å². The van der Waals surface area contributed by atoms with Crippen molar-refractivity contribution in [3.05, 3.63) is 0 Å². The lowest BCUT2D eigenvalue weighted by Gasteiger charge is -2.23. The number of hydrogen-bond acceptors (Lipinski definition) is 2. The molecule has 0 aromatic heterocycles. The fraction of sp³-hybridized carbons (Fsp3) is 1.00. The van der Waals surface area contributed by atoms with Crippen LogP contribution in [0.15, 0.2) is 0 Å². The van der Waals surface area contributed by atoms with Gasteiger partial charge in [0.25, 0.3) is 0 Å². The Morgan fingerprint density at radius 3 is 2.00 bits per heavy atom. The van der Waals surface area contributed by atoms with Gasteiger partial charge in [0.15, 0.2) is 0 Å². The molecule has 8 heavy (non-hydrogen) atoms. The van der Waals surface area contributed by atoms with Crippen LogP contribution in [0.1, 0.15) is 27.2 Å². The molecule has 0 bridgehead atoms. The third-order valence-electron chi connectivity index (χ3n) is 1.35. The third kappa shape index (κ3) is 2.28. The van der Waals surface area contributed by atoms with Gasteiger partial charge >= 0.3 is 0 Å². The van der Waals surface area contributed by atoms with Gasteiger partial charge in [-0.05, 0) is 20.3 Å². The van der Waals surface area contributed by atoms with Crippen LogP contribution in [-0.4, -0.2) is 16.7 Å². The number of nitrogens with two attached hydrogens (primary N) is 1. The molecule has 2 heteroatoms. The molecule has 0 aliphatic carbocycles. The van der Waals surface area contributed by atoms with E-state index >= 15 is 0 Å². The zero-order valence-electron chi connectivity index (χ0n) is 5.81. The molecular formula is C6H15NO. The van der Waals surface area contributed by atoms with Crippen molar-refractivity contribution >= 4 is 0 Å². The van der Waals surface area contributed by atoms with Crippen molar-refractivity contribution in [1.29, 1.82) is 0 Å². The summed E-state index contributed by atoms with van der Waals surface area (Å²) in [5.41, 5.74) is 4.79. The predicted octanol–water partition coefficient (Wildman–Crippen LogP) is 0.495. The second-order valence-corrected chi connectivity index (χ2v) is 2.67. The van der Waals surface area contributed by atoms with Crippen molar-refractivity contribution in [3.8, 4) is 0 Å². The zero-order valence-corrected chi connectivity index (χ0v) is 5.81. The molecule has 0 fully saturated rings. The highest BCUT2D eigenvalue weighted by Crippen LogP contribution is 2.07. The minimum absolute atomic E-state index is 0.0949. The molecule has 0 aliphatic heterocycles. The van der Waals surface area contributed by atoms with Crippen molar-refractivity contribution in [2.75, 3.05) is 0 Å². The van der Waals surface area contributed by atoms with Crippen LogP contribution >= 0.6 is 0 Å². The maximum atomic E-state index is 9.16. The second-order valence-electron chi connectivity index (χ2n) is 2.67. The Hall–Kier alpha value is -0.0800. The van der Waals surface area contributed by atoms with Crippen LogP contribution < -0.4 is 5.73 Å². The van der Waals surface area contributed by atoms with Gasteiger partial charge in [0.2, 0.25) is 0 Å². The molecule has 0 aromatic carbocycles. The van der Waals surface area contributed by atoms with Gasteiger partial charge in [-0.25, -0.2) is 0 Å². The number of hydrogen-bond donors (Lipinski definition) is 2. The van der Waals surface area contributed by atoms with Gasteiger partial charge in [-0.1, -0.05) is 6.92 Å². The summed E-state index contributed by atoms with van der Waals surface area (Å²) in [5, 5.41) is 9.16. The highest BCUT2D eigenvalue weighted by Gasteiger charge is 2.19. The molecule has 3 N–H and O–H groups in total. The molecule has 0 aliphatic rings. The van der Waals surface area contributed by atoms with E-state index in [4.69, 9.17) is 10.8 Å². The Kier molecular flexibility index (Phi) is 2.44. The number of aliphatic hydroxyl groups is 1. The van der Waals surface area contributed by atoms with Crippen molar-refractivity contribution in [1.82, 2.24) is 0 Å². The first-order valence-corrected chi connectivity index (χ1v) is 2.96. The van der Waals surface area contributed by atoms with E-state index in [1.54, 1.807) is 13.8 Å². The van der Waals surface area contributed by atoms with E-state index < -0.39 is 5.60 Å². The van der Waals surface area contributed by atoms with E-state index in [1.807, 2.05) is 6.92 Å². The van der Waals surface area contributed by atoms with E-state index in [1.165, 1.54) is 0 Å². The van der Waals surface area contributed by atoms with Crippen molar-refractivity contribution in [2.24, 2.45) is 5.73 Å². The fourth-order valence-corrected chi connectivity index (χ4v) is 0.500. The summed E-state index contributed by atoms with van der Waals surface area (Å²) in [6.45, 7) is 5.41. The molecule has 2 nitrogen and oxygen atoms in total. The van der Waals surface area contributed by atoms with Crippen molar-refractivity contribution < 1.29 is 5.11 Å². The summed E-state index contributed by atoms with van der Waals surface area (Å²) >= 11 is 0. The van der Waals surface area contributed by atoms with Crippen LogP contribution in [-0.2, 0) is 0 Å². The van der Waals surface area contributed by atoms with Gasteiger partial charge in [-0.2, -0.15) is 0 Å². The Bertz CT molecular complexity index is 65.4. The normalized spacial score (nSPS) is 16.1. The summed E-state index contributed by atoms with van der Waals surface area (Å²) in [5.74, 6) is 0. The molecule has 1 atom stereocenters. The maximum Gasteiger partial charge on any atom is 0.0741 e. The maximum absolute atomic E-state index is 9.16. The fourth-order valence-electron chi connectivity index (χ4n) is 0.500. The standard InChI is InChI=1S/C6H15NO/c1-4-5(7)6(2,3)8/h5,8H,4,7H2,1-3H3/t5-/m0/s1. The van der Waals surface area contributed by atoms with Crippen LogP contribution in [0.2, 0.25) is 0 Å². The van der Waals surface area contributed by atoms with Gasteiger partial charge < -0.3 is 10.8 Å². The van der Waals surface area contributed by atoms with E-state index in [0.29, 0.717) is 0 Å². The van der Waals surface area contributed by atoms with Crippen LogP contribution in [0, 0.1) is 0 Å². The smallest absolute Gasteiger partial charge is 0.0741 e. The first-order valence-electron chi connectivity index (χ1n) is 2.96. The lowest BCUT2D eigenvalue weighted by Crippen LogP contribution is -2.42. The molecule has 0 saturated heterocycles. The first-order chi connectivity index (χ1) is 3.48. The zero-order chi connectivity index (χ0) is 6.78. The summed E-state index contributed by atoms with van der Waals surface area (Å²) in [4.78, 5) is 0. The largest absolute Gasteiger partial charge is 0.389 e. The van der Waals surface area contributed by atoms with Crippen molar-refractivity contribution in [3.63, 3.8) is 0 Å². The first kappa shape index (κ1) is 7.92. The van der Waals surface area contributed by atoms with Gasteiger partial charge in [0.1, 0.15) is 0 Å². The topological polar surface area (TPSA) is 46.2 Å². The molecule has 0 amide bonds. The van der Waals surface area contributed by atoms with Crippen LogP contribution in [0.5, 0.6) is 0 Å². The lowest BCUT2D eigenvalue weighted by atomic mass is 9.98. The van der Waals surface area contributed by atoms with Gasteiger partial charge in [0, 0.05) is 6.04 Å². The van der Waals surface area contributed by atoms with Gasteiger partial charge in [0.05, 0.1) is 5.60 Å².